The number of urea groups is 1. The molecular formula is C19H21ClN2O. The van der Waals surface area contributed by atoms with Crippen LogP contribution in [0.2, 0.25) is 5.02 Å². The van der Waals surface area contributed by atoms with E-state index in [1.54, 1.807) is 4.90 Å². The molecule has 0 spiro atoms. The van der Waals surface area contributed by atoms with Crippen LogP contribution in [0.15, 0.2) is 54.6 Å². The van der Waals surface area contributed by atoms with Crippen molar-refractivity contribution in [2.75, 3.05) is 4.90 Å². The molecule has 1 saturated carbocycles. The number of amides is 2. The number of rotatable bonds is 4. The molecule has 3 rings (SSSR count). The lowest BCUT2D eigenvalue weighted by molar-refractivity contribution is 0.242. The first kappa shape index (κ1) is 15.9. The number of carbonyl (C=O) groups is 1. The van der Waals surface area contributed by atoms with Crippen molar-refractivity contribution in [3.8, 4) is 0 Å². The van der Waals surface area contributed by atoms with Gasteiger partial charge in [0, 0.05) is 16.8 Å². The summed E-state index contributed by atoms with van der Waals surface area (Å²) in [5.41, 5.74) is 1.96. The molecule has 2 aromatic rings. The van der Waals surface area contributed by atoms with Gasteiger partial charge >= 0.3 is 6.03 Å². The lowest BCUT2D eigenvalue weighted by atomic mass is 10.2. The molecule has 3 nitrogen and oxygen atoms in total. The molecule has 120 valence electrons. The monoisotopic (exact) mass is 328 g/mol. The summed E-state index contributed by atoms with van der Waals surface area (Å²) in [6, 6.07) is 17.7. The zero-order valence-electron chi connectivity index (χ0n) is 13.0. The minimum atomic E-state index is -0.0296. The highest BCUT2D eigenvalue weighted by Gasteiger charge is 2.22. The molecule has 1 N–H and O–H groups in total. The molecule has 0 radical (unpaired) electrons. The Bertz CT molecular complexity index is 636. The van der Waals surface area contributed by atoms with E-state index < -0.39 is 0 Å². The Hall–Kier alpha value is -2.00. The van der Waals surface area contributed by atoms with E-state index in [9.17, 15) is 4.79 Å². The van der Waals surface area contributed by atoms with Gasteiger partial charge in [-0.2, -0.15) is 0 Å². The molecule has 0 unspecified atom stereocenters. The second-order valence-corrected chi connectivity index (χ2v) is 6.42. The van der Waals surface area contributed by atoms with Crippen LogP contribution in [0.25, 0.3) is 0 Å². The van der Waals surface area contributed by atoms with Crippen LogP contribution in [-0.2, 0) is 6.54 Å². The summed E-state index contributed by atoms with van der Waals surface area (Å²) in [5, 5.41) is 3.87. The van der Waals surface area contributed by atoms with Crippen molar-refractivity contribution in [1.82, 2.24) is 5.32 Å². The van der Waals surface area contributed by atoms with E-state index in [4.69, 9.17) is 11.6 Å². The van der Waals surface area contributed by atoms with E-state index in [-0.39, 0.29) is 6.03 Å². The Morgan fingerprint density at radius 1 is 1.04 bits per heavy atom. The summed E-state index contributed by atoms with van der Waals surface area (Å²) in [6.45, 7) is 0.528. The smallest absolute Gasteiger partial charge is 0.322 e. The minimum Gasteiger partial charge on any atom is -0.335 e. The highest BCUT2D eigenvalue weighted by Crippen LogP contribution is 2.21. The normalized spacial score (nSPS) is 14.7. The Morgan fingerprint density at radius 3 is 2.35 bits per heavy atom. The molecule has 23 heavy (non-hydrogen) atoms. The molecule has 0 bridgehead atoms. The van der Waals surface area contributed by atoms with Crippen molar-refractivity contribution < 1.29 is 4.79 Å². The third-order valence-electron chi connectivity index (χ3n) is 4.25. The van der Waals surface area contributed by atoms with E-state index >= 15 is 0 Å². The van der Waals surface area contributed by atoms with Crippen molar-refractivity contribution >= 4 is 23.3 Å². The van der Waals surface area contributed by atoms with Gasteiger partial charge in [0.2, 0.25) is 0 Å². The Kier molecular flexibility index (Phi) is 5.19. The van der Waals surface area contributed by atoms with Crippen LogP contribution in [0.3, 0.4) is 0 Å². The maximum Gasteiger partial charge on any atom is 0.322 e. The molecular weight excluding hydrogens is 308 g/mol. The number of halogens is 1. The predicted octanol–water partition coefficient (Wildman–Crippen LogP) is 5.00. The quantitative estimate of drug-likeness (QED) is 0.841. The summed E-state index contributed by atoms with van der Waals surface area (Å²) in [6.07, 6.45) is 4.56. The third-order valence-corrected chi connectivity index (χ3v) is 4.50. The summed E-state index contributed by atoms with van der Waals surface area (Å²) < 4.78 is 0. The van der Waals surface area contributed by atoms with Gasteiger partial charge in [-0.3, -0.25) is 4.90 Å². The van der Waals surface area contributed by atoms with Crippen LogP contribution in [-0.4, -0.2) is 12.1 Å². The molecule has 2 aromatic carbocycles. The average Bonchev–Trinajstić information content (AvgIpc) is 3.08. The number of hydrogen-bond donors (Lipinski definition) is 1. The van der Waals surface area contributed by atoms with Gasteiger partial charge in [0.05, 0.1) is 6.54 Å². The molecule has 0 aromatic heterocycles. The molecule has 1 aliphatic carbocycles. The zero-order valence-corrected chi connectivity index (χ0v) is 13.8. The molecule has 0 atom stereocenters. The SMILES string of the molecule is O=C(NC1CCCC1)N(Cc1ccc(Cl)cc1)c1ccccc1. The standard InChI is InChI=1S/C19H21ClN2O/c20-16-12-10-15(11-13-16)14-22(18-8-2-1-3-9-18)19(23)21-17-6-4-5-7-17/h1-3,8-13,17H,4-7,14H2,(H,21,23). The topological polar surface area (TPSA) is 32.3 Å². The van der Waals surface area contributed by atoms with Gasteiger partial charge in [-0.1, -0.05) is 54.8 Å². The second-order valence-electron chi connectivity index (χ2n) is 5.98. The average molecular weight is 329 g/mol. The Balaban J connectivity index is 1.78. The lowest BCUT2D eigenvalue weighted by Crippen LogP contribution is -2.43. The molecule has 1 aliphatic rings. The van der Waals surface area contributed by atoms with Crippen molar-refractivity contribution in [2.45, 2.75) is 38.3 Å². The van der Waals surface area contributed by atoms with Gasteiger partial charge in [0.25, 0.3) is 0 Å². The maximum absolute atomic E-state index is 12.8. The molecule has 0 saturated heterocycles. The number of anilines is 1. The van der Waals surface area contributed by atoms with Crippen molar-refractivity contribution in [3.05, 3.63) is 65.2 Å². The summed E-state index contributed by atoms with van der Waals surface area (Å²) in [5.74, 6) is 0. The second kappa shape index (κ2) is 7.51. The van der Waals surface area contributed by atoms with Crippen molar-refractivity contribution in [1.29, 1.82) is 0 Å². The number of para-hydroxylation sites is 1. The lowest BCUT2D eigenvalue weighted by Gasteiger charge is -2.25. The van der Waals surface area contributed by atoms with Crippen LogP contribution < -0.4 is 10.2 Å². The summed E-state index contributed by atoms with van der Waals surface area (Å²) in [7, 11) is 0. The molecule has 0 heterocycles. The van der Waals surface area contributed by atoms with E-state index in [1.807, 2.05) is 54.6 Å². The largest absolute Gasteiger partial charge is 0.335 e. The van der Waals surface area contributed by atoms with E-state index in [0.717, 1.165) is 24.1 Å². The summed E-state index contributed by atoms with van der Waals surface area (Å²) in [4.78, 5) is 14.6. The molecule has 0 aliphatic heterocycles. The van der Waals surface area contributed by atoms with Gasteiger partial charge in [0.15, 0.2) is 0 Å². The number of nitrogens with zero attached hydrogens (tertiary/aromatic N) is 1. The Labute approximate surface area is 142 Å². The van der Waals surface area contributed by atoms with Gasteiger partial charge in [-0.15, -0.1) is 0 Å². The van der Waals surface area contributed by atoms with Crippen LogP contribution in [0, 0.1) is 0 Å². The summed E-state index contributed by atoms with van der Waals surface area (Å²) >= 11 is 5.95. The highest BCUT2D eigenvalue weighted by atomic mass is 35.5. The third kappa shape index (κ3) is 4.26. The number of benzene rings is 2. The van der Waals surface area contributed by atoms with E-state index in [2.05, 4.69) is 5.32 Å². The van der Waals surface area contributed by atoms with Crippen LogP contribution in [0.1, 0.15) is 31.2 Å². The molecule has 4 heteroatoms. The minimum absolute atomic E-state index is 0.0296. The van der Waals surface area contributed by atoms with Gasteiger partial charge in [0.1, 0.15) is 0 Å². The number of nitrogens with one attached hydrogen (secondary N) is 1. The molecule has 1 fully saturated rings. The van der Waals surface area contributed by atoms with Crippen molar-refractivity contribution in [3.63, 3.8) is 0 Å². The van der Waals surface area contributed by atoms with Crippen molar-refractivity contribution in [2.24, 2.45) is 0 Å². The van der Waals surface area contributed by atoms with Gasteiger partial charge in [-0.25, -0.2) is 4.79 Å². The van der Waals surface area contributed by atoms with Gasteiger partial charge in [-0.05, 0) is 42.7 Å². The Morgan fingerprint density at radius 2 is 1.70 bits per heavy atom. The zero-order chi connectivity index (χ0) is 16.1. The molecule has 2 amide bonds. The fraction of sp³-hybridized carbons (Fsp3) is 0.316. The van der Waals surface area contributed by atoms with Crippen LogP contribution >= 0.6 is 11.6 Å². The first-order chi connectivity index (χ1) is 11.2. The van der Waals surface area contributed by atoms with Crippen LogP contribution in [0.4, 0.5) is 10.5 Å². The van der Waals surface area contributed by atoms with Gasteiger partial charge < -0.3 is 5.32 Å². The predicted molar refractivity (Wildman–Crippen MR) is 94.9 cm³/mol. The van der Waals surface area contributed by atoms with Crippen LogP contribution in [0.5, 0.6) is 0 Å². The fourth-order valence-electron chi connectivity index (χ4n) is 2.98. The maximum atomic E-state index is 12.8. The number of hydrogen-bond acceptors (Lipinski definition) is 1. The number of carbonyl (C=O) groups excluding carboxylic acids is 1. The highest BCUT2D eigenvalue weighted by molar-refractivity contribution is 6.30. The van der Waals surface area contributed by atoms with E-state index in [0.29, 0.717) is 17.6 Å². The first-order valence-electron chi connectivity index (χ1n) is 8.10. The fourth-order valence-corrected chi connectivity index (χ4v) is 3.11. The first-order valence-corrected chi connectivity index (χ1v) is 8.48. The van der Waals surface area contributed by atoms with E-state index in [1.165, 1.54) is 12.8 Å².